The first kappa shape index (κ1) is 24.4. The number of halogens is 1. The minimum atomic E-state index is 0. The van der Waals surface area contributed by atoms with Gasteiger partial charge in [0.2, 0.25) is 6.79 Å². The Bertz CT molecular complexity index is 903. The van der Waals surface area contributed by atoms with Gasteiger partial charge in [-0.05, 0) is 56.1 Å². The van der Waals surface area contributed by atoms with Crippen molar-refractivity contribution in [1.82, 2.24) is 15.5 Å². The number of hydrogen-bond acceptors (Lipinski definition) is 5. The van der Waals surface area contributed by atoms with Crippen molar-refractivity contribution in [2.24, 2.45) is 4.99 Å². The van der Waals surface area contributed by atoms with Crippen LogP contribution in [0.5, 0.6) is 17.2 Å². The molecule has 4 rings (SSSR count). The summed E-state index contributed by atoms with van der Waals surface area (Å²) in [5.41, 5.74) is 2.42. The highest BCUT2D eigenvalue weighted by Crippen LogP contribution is 2.33. The highest BCUT2D eigenvalue weighted by molar-refractivity contribution is 14.0. The number of fused-ring (bicyclic) bond motifs is 1. The van der Waals surface area contributed by atoms with Crippen LogP contribution in [0, 0.1) is 0 Å². The Morgan fingerprint density at radius 1 is 1.09 bits per heavy atom. The van der Waals surface area contributed by atoms with Gasteiger partial charge in [-0.15, -0.1) is 24.0 Å². The van der Waals surface area contributed by atoms with Crippen molar-refractivity contribution in [3.8, 4) is 17.2 Å². The molecule has 2 heterocycles. The number of rotatable bonds is 8. The maximum atomic E-state index is 5.65. The quantitative estimate of drug-likeness (QED) is 0.297. The predicted molar refractivity (Wildman–Crippen MR) is 138 cm³/mol. The third-order valence-electron chi connectivity index (χ3n) is 5.91. The molecule has 7 nitrogen and oxygen atoms in total. The van der Waals surface area contributed by atoms with Crippen LogP contribution in [0.2, 0.25) is 0 Å². The molecule has 0 aliphatic carbocycles. The summed E-state index contributed by atoms with van der Waals surface area (Å²) >= 11 is 0. The Morgan fingerprint density at radius 2 is 1.88 bits per heavy atom. The van der Waals surface area contributed by atoms with Gasteiger partial charge in [0.05, 0.1) is 13.2 Å². The van der Waals surface area contributed by atoms with Gasteiger partial charge >= 0.3 is 0 Å². The lowest BCUT2D eigenvalue weighted by atomic mass is 10.0. The second kappa shape index (κ2) is 12.2. The van der Waals surface area contributed by atoms with Crippen molar-refractivity contribution in [1.29, 1.82) is 0 Å². The highest BCUT2D eigenvalue weighted by atomic mass is 127. The van der Waals surface area contributed by atoms with Crippen molar-refractivity contribution in [2.75, 3.05) is 47.1 Å². The molecular formula is C24H33IN4O3. The van der Waals surface area contributed by atoms with E-state index in [2.05, 4.69) is 38.7 Å². The van der Waals surface area contributed by atoms with E-state index in [1.165, 1.54) is 24.0 Å². The molecule has 1 unspecified atom stereocenters. The molecule has 2 aromatic rings. The number of ether oxygens (including phenoxy) is 3. The average molecular weight is 552 g/mol. The minimum Gasteiger partial charge on any atom is -0.496 e. The van der Waals surface area contributed by atoms with Crippen LogP contribution in [-0.4, -0.2) is 58.0 Å². The summed E-state index contributed by atoms with van der Waals surface area (Å²) in [6.07, 6.45) is 3.36. The van der Waals surface area contributed by atoms with E-state index < -0.39 is 0 Å². The van der Waals surface area contributed by atoms with Gasteiger partial charge in [0.1, 0.15) is 5.75 Å². The standard InChI is InChI=1S/C24H32N4O3.HI/c1-25-24(26-12-11-18-9-10-22-23(15-18)31-17-30-22)27-16-20(28-13-5-6-14-28)19-7-3-4-8-21(19)29-2;/h3-4,7-10,15,20H,5-6,11-14,16-17H2,1-2H3,(H2,25,26,27);1H. The van der Waals surface area contributed by atoms with Crippen LogP contribution < -0.4 is 24.8 Å². The normalized spacial score (nSPS) is 16.4. The van der Waals surface area contributed by atoms with Crippen molar-refractivity contribution in [3.63, 3.8) is 0 Å². The molecule has 0 amide bonds. The third kappa shape index (κ3) is 5.98. The van der Waals surface area contributed by atoms with E-state index in [9.17, 15) is 0 Å². The molecule has 2 N–H and O–H groups in total. The summed E-state index contributed by atoms with van der Waals surface area (Å²) in [7, 11) is 3.55. The molecule has 0 bridgehead atoms. The van der Waals surface area contributed by atoms with Gasteiger partial charge < -0.3 is 24.8 Å². The maximum absolute atomic E-state index is 5.65. The lowest BCUT2D eigenvalue weighted by Crippen LogP contribution is -2.43. The molecule has 0 aromatic heterocycles. The smallest absolute Gasteiger partial charge is 0.231 e. The topological polar surface area (TPSA) is 67.4 Å². The lowest BCUT2D eigenvalue weighted by Gasteiger charge is -2.30. The number of nitrogens with zero attached hydrogens (tertiary/aromatic N) is 2. The third-order valence-corrected chi connectivity index (χ3v) is 5.91. The van der Waals surface area contributed by atoms with Gasteiger partial charge in [-0.25, -0.2) is 0 Å². The van der Waals surface area contributed by atoms with Crippen LogP contribution in [0.3, 0.4) is 0 Å². The van der Waals surface area contributed by atoms with Crippen molar-refractivity contribution < 1.29 is 14.2 Å². The zero-order valence-corrected chi connectivity index (χ0v) is 21.1. The van der Waals surface area contributed by atoms with E-state index in [1.54, 1.807) is 7.11 Å². The van der Waals surface area contributed by atoms with Gasteiger partial charge in [-0.1, -0.05) is 24.3 Å². The summed E-state index contributed by atoms with van der Waals surface area (Å²) in [4.78, 5) is 6.94. The molecule has 32 heavy (non-hydrogen) atoms. The van der Waals surface area contributed by atoms with E-state index >= 15 is 0 Å². The van der Waals surface area contributed by atoms with E-state index in [1.807, 2.05) is 31.3 Å². The molecule has 0 spiro atoms. The van der Waals surface area contributed by atoms with Gasteiger partial charge in [-0.2, -0.15) is 0 Å². The van der Waals surface area contributed by atoms with E-state index in [-0.39, 0.29) is 30.0 Å². The van der Waals surface area contributed by atoms with Crippen molar-refractivity contribution in [3.05, 3.63) is 53.6 Å². The molecule has 0 radical (unpaired) electrons. The Balaban J connectivity index is 0.00000289. The SMILES string of the molecule is CN=C(NCCc1ccc2c(c1)OCO2)NCC(c1ccccc1OC)N1CCCC1.I. The largest absolute Gasteiger partial charge is 0.496 e. The molecule has 174 valence electrons. The van der Waals surface area contributed by atoms with Gasteiger partial charge in [-0.3, -0.25) is 9.89 Å². The first-order valence-corrected chi connectivity index (χ1v) is 11.0. The Morgan fingerprint density at radius 3 is 2.66 bits per heavy atom. The van der Waals surface area contributed by atoms with Crippen LogP contribution >= 0.6 is 24.0 Å². The average Bonchev–Trinajstić information content (AvgIpc) is 3.50. The second-order valence-corrected chi connectivity index (χ2v) is 7.82. The number of guanidine groups is 1. The number of nitrogens with one attached hydrogen (secondary N) is 2. The van der Waals surface area contributed by atoms with E-state index in [0.29, 0.717) is 6.79 Å². The van der Waals surface area contributed by atoms with E-state index in [0.717, 1.165) is 55.8 Å². The molecule has 8 heteroatoms. The molecule has 1 atom stereocenters. The molecular weight excluding hydrogens is 519 g/mol. The minimum absolute atomic E-state index is 0. The lowest BCUT2D eigenvalue weighted by molar-refractivity contribution is 0.174. The molecule has 2 aromatic carbocycles. The Labute approximate surface area is 207 Å². The summed E-state index contributed by atoms with van der Waals surface area (Å²) in [6, 6.07) is 14.6. The first-order chi connectivity index (χ1) is 15.3. The van der Waals surface area contributed by atoms with Crippen LogP contribution in [0.15, 0.2) is 47.5 Å². The number of hydrogen-bond donors (Lipinski definition) is 2. The summed E-state index contributed by atoms with van der Waals surface area (Å²) in [5.74, 6) is 3.38. The second-order valence-electron chi connectivity index (χ2n) is 7.82. The number of para-hydroxylation sites is 1. The zero-order chi connectivity index (χ0) is 21.5. The van der Waals surface area contributed by atoms with Crippen molar-refractivity contribution in [2.45, 2.75) is 25.3 Å². The molecule has 1 saturated heterocycles. The molecule has 2 aliphatic heterocycles. The van der Waals surface area contributed by atoms with Crippen LogP contribution in [0.1, 0.15) is 30.0 Å². The Kier molecular flexibility index (Phi) is 9.28. The fourth-order valence-electron chi connectivity index (χ4n) is 4.27. The number of likely N-dealkylation sites (tertiary alicyclic amines) is 1. The van der Waals surface area contributed by atoms with Gasteiger partial charge in [0.15, 0.2) is 17.5 Å². The fraction of sp³-hybridized carbons (Fsp3) is 0.458. The maximum Gasteiger partial charge on any atom is 0.231 e. The number of methoxy groups -OCH3 is 1. The van der Waals surface area contributed by atoms with E-state index in [4.69, 9.17) is 14.2 Å². The fourth-order valence-corrected chi connectivity index (χ4v) is 4.27. The zero-order valence-electron chi connectivity index (χ0n) is 18.8. The monoisotopic (exact) mass is 552 g/mol. The number of benzene rings is 2. The van der Waals surface area contributed by atoms with Crippen LogP contribution in [0.4, 0.5) is 0 Å². The molecule has 1 fully saturated rings. The predicted octanol–water partition coefficient (Wildman–Crippen LogP) is 3.59. The first-order valence-electron chi connectivity index (χ1n) is 11.0. The van der Waals surface area contributed by atoms with Crippen molar-refractivity contribution >= 4 is 29.9 Å². The van der Waals surface area contributed by atoms with Crippen LogP contribution in [0.25, 0.3) is 0 Å². The van der Waals surface area contributed by atoms with Crippen LogP contribution in [-0.2, 0) is 6.42 Å². The summed E-state index contributed by atoms with van der Waals surface area (Å²) < 4.78 is 16.5. The van der Waals surface area contributed by atoms with Gasteiger partial charge in [0.25, 0.3) is 0 Å². The highest BCUT2D eigenvalue weighted by Gasteiger charge is 2.26. The molecule has 2 aliphatic rings. The summed E-state index contributed by atoms with van der Waals surface area (Å²) in [5, 5.41) is 6.95. The number of aliphatic imine (C=N–C) groups is 1. The Hall–Kier alpha value is -2.20. The van der Waals surface area contributed by atoms with Gasteiger partial charge in [0, 0.05) is 25.7 Å². The summed E-state index contributed by atoms with van der Waals surface area (Å²) in [6.45, 7) is 4.07. The molecule has 0 saturated carbocycles.